The zero-order valence-corrected chi connectivity index (χ0v) is 16.4. The third kappa shape index (κ3) is 6.76. The van der Waals surface area contributed by atoms with Crippen LogP contribution in [-0.4, -0.2) is 60.2 Å². The van der Waals surface area contributed by atoms with Gasteiger partial charge in [-0.15, -0.1) is 0 Å². The monoisotopic (exact) mass is 413 g/mol. The Kier molecular flexibility index (Phi) is 8.04. The summed E-state index contributed by atoms with van der Waals surface area (Å²) >= 11 is 0. The molecular formula is C20H26F3N3O3. The normalized spacial score (nSPS) is 14.6. The zero-order chi connectivity index (χ0) is 21.4. The van der Waals surface area contributed by atoms with Gasteiger partial charge in [0.15, 0.2) is 0 Å². The number of rotatable bonds is 7. The predicted octanol–water partition coefficient (Wildman–Crippen LogP) is 2.69. The summed E-state index contributed by atoms with van der Waals surface area (Å²) in [5, 5.41) is 2.70. The first-order chi connectivity index (χ1) is 13.7. The van der Waals surface area contributed by atoms with Crippen LogP contribution in [0.25, 0.3) is 0 Å². The van der Waals surface area contributed by atoms with Gasteiger partial charge in [0.2, 0.25) is 11.8 Å². The Hall–Kier alpha value is -2.58. The lowest BCUT2D eigenvalue weighted by atomic mass is 10.1. The molecule has 0 saturated carbocycles. The molecule has 1 aromatic carbocycles. The smallest absolute Gasteiger partial charge is 0.356 e. The third-order valence-electron chi connectivity index (χ3n) is 4.82. The Morgan fingerprint density at radius 3 is 2.21 bits per heavy atom. The average Bonchev–Trinajstić information content (AvgIpc) is 2.69. The molecule has 1 aliphatic rings. The number of carbonyl (C=O) groups excluding carboxylic acids is 3. The topological polar surface area (TPSA) is 69.7 Å². The van der Waals surface area contributed by atoms with Crippen LogP contribution in [0.15, 0.2) is 24.3 Å². The maximum atomic E-state index is 13.1. The van der Waals surface area contributed by atoms with Crippen LogP contribution in [0.3, 0.4) is 0 Å². The predicted molar refractivity (Wildman–Crippen MR) is 101 cm³/mol. The van der Waals surface area contributed by atoms with E-state index in [1.54, 1.807) is 4.90 Å². The molecule has 0 spiro atoms. The van der Waals surface area contributed by atoms with Crippen LogP contribution in [0.1, 0.15) is 48.5 Å². The summed E-state index contributed by atoms with van der Waals surface area (Å²) in [5.74, 6) is -0.762. The molecule has 1 aromatic rings. The number of alkyl halides is 3. The highest BCUT2D eigenvalue weighted by Gasteiger charge is 2.36. The third-order valence-corrected chi connectivity index (χ3v) is 4.82. The van der Waals surface area contributed by atoms with Crippen LogP contribution in [-0.2, 0) is 15.8 Å². The van der Waals surface area contributed by atoms with Crippen molar-refractivity contribution in [1.82, 2.24) is 15.1 Å². The highest BCUT2D eigenvalue weighted by molar-refractivity contribution is 5.96. The second-order valence-corrected chi connectivity index (χ2v) is 7.01. The lowest BCUT2D eigenvalue weighted by Crippen LogP contribution is -2.50. The largest absolute Gasteiger partial charge is 0.417 e. The van der Waals surface area contributed by atoms with Crippen molar-refractivity contribution in [2.75, 3.05) is 32.7 Å². The molecule has 160 valence electrons. The van der Waals surface area contributed by atoms with Crippen molar-refractivity contribution in [2.24, 2.45) is 0 Å². The minimum atomic E-state index is -4.59. The number of carbonyl (C=O) groups is 3. The van der Waals surface area contributed by atoms with Crippen molar-refractivity contribution in [3.63, 3.8) is 0 Å². The van der Waals surface area contributed by atoms with Gasteiger partial charge in [0, 0.05) is 46.1 Å². The van der Waals surface area contributed by atoms with Gasteiger partial charge in [0.25, 0.3) is 5.91 Å². The second-order valence-electron chi connectivity index (χ2n) is 7.01. The zero-order valence-electron chi connectivity index (χ0n) is 16.4. The summed E-state index contributed by atoms with van der Waals surface area (Å²) < 4.78 is 39.4. The molecule has 0 aromatic heterocycles. The van der Waals surface area contributed by atoms with Gasteiger partial charge in [-0.25, -0.2) is 0 Å². The van der Waals surface area contributed by atoms with Crippen molar-refractivity contribution >= 4 is 17.7 Å². The van der Waals surface area contributed by atoms with E-state index in [4.69, 9.17) is 0 Å². The van der Waals surface area contributed by atoms with E-state index in [2.05, 4.69) is 5.32 Å². The van der Waals surface area contributed by atoms with E-state index in [-0.39, 0.29) is 30.5 Å². The van der Waals surface area contributed by atoms with Crippen molar-refractivity contribution in [1.29, 1.82) is 0 Å². The van der Waals surface area contributed by atoms with Crippen molar-refractivity contribution in [3.8, 4) is 0 Å². The number of benzene rings is 1. The average molecular weight is 413 g/mol. The lowest BCUT2D eigenvalue weighted by Gasteiger charge is -2.35. The molecule has 3 amide bonds. The minimum Gasteiger partial charge on any atom is -0.356 e. The summed E-state index contributed by atoms with van der Waals surface area (Å²) in [6.45, 7) is 3.08. The highest BCUT2D eigenvalue weighted by atomic mass is 19.4. The SMILES string of the molecule is CC(=O)NCCCCCC(=O)N1CCN(C(=O)c2ccccc2C(F)(F)F)CC1. The fourth-order valence-electron chi connectivity index (χ4n) is 3.25. The Labute approximate surface area is 168 Å². The molecule has 0 aliphatic carbocycles. The molecule has 0 bridgehead atoms. The number of nitrogens with one attached hydrogen (secondary N) is 1. The molecule has 0 radical (unpaired) electrons. The van der Waals surface area contributed by atoms with Gasteiger partial charge < -0.3 is 15.1 Å². The van der Waals surface area contributed by atoms with Crippen LogP contribution in [0.4, 0.5) is 13.2 Å². The molecule has 0 unspecified atom stereocenters. The maximum Gasteiger partial charge on any atom is 0.417 e. The fourth-order valence-corrected chi connectivity index (χ4v) is 3.25. The van der Waals surface area contributed by atoms with Crippen LogP contribution < -0.4 is 5.32 Å². The van der Waals surface area contributed by atoms with Gasteiger partial charge in [0.05, 0.1) is 11.1 Å². The molecule has 1 heterocycles. The number of halogens is 3. The van der Waals surface area contributed by atoms with Crippen molar-refractivity contribution in [2.45, 2.75) is 38.8 Å². The van der Waals surface area contributed by atoms with Gasteiger partial charge in [-0.1, -0.05) is 18.6 Å². The lowest BCUT2D eigenvalue weighted by molar-refractivity contribution is -0.138. The maximum absolute atomic E-state index is 13.1. The molecule has 1 saturated heterocycles. The van der Waals surface area contributed by atoms with E-state index < -0.39 is 17.6 Å². The number of hydrogen-bond acceptors (Lipinski definition) is 3. The Morgan fingerprint density at radius 2 is 1.59 bits per heavy atom. The molecule has 9 heteroatoms. The Balaban J connectivity index is 1.80. The van der Waals surface area contributed by atoms with Crippen LogP contribution in [0, 0.1) is 0 Å². The molecule has 6 nitrogen and oxygen atoms in total. The van der Waals surface area contributed by atoms with E-state index in [0.717, 1.165) is 18.9 Å². The second kappa shape index (κ2) is 10.3. The van der Waals surface area contributed by atoms with E-state index >= 15 is 0 Å². The number of nitrogens with zero attached hydrogens (tertiary/aromatic N) is 2. The number of hydrogen-bond donors (Lipinski definition) is 1. The summed E-state index contributed by atoms with van der Waals surface area (Å²) in [4.78, 5) is 38.6. The van der Waals surface area contributed by atoms with E-state index in [1.807, 2.05) is 0 Å². The van der Waals surface area contributed by atoms with Crippen LogP contribution in [0.2, 0.25) is 0 Å². The first-order valence-corrected chi connectivity index (χ1v) is 9.68. The first-order valence-electron chi connectivity index (χ1n) is 9.68. The van der Waals surface area contributed by atoms with Crippen LogP contribution >= 0.6 is 0 Å². The molecule has 2 rings (SSSR count). The Bertz CT molecular complexity index is 729. The van der Waals surface area contributed by atoms with E-state index in [1.165, 1.54) is 30.0 Å². The molecular weight excluding hydrogens is 387 g/mol. The van der Waals surface area contributed by atoms with Gasteiger partial charge in [-0.3, -0.25) is 14.4 Å². The summed E-state index contributed by atoms with van der Waals surface area (Å²) in [5.41, 5.74) is -1.30. The fraction of sp³-hybridized carbons (Fsp3) is 0.550. The number of amides is 3. The molecule has 1 N–H and O–H groups in total. The standard InChI is InChI=1S/C20H26F3N3O3/c1-15(27)24-10-6-2-3-9-18(28)25-11-13-26(14-12-25)19(29)16-7-4-5-8-17(16)20(21,22)23/h4-5,7-8H,2-3,6,9-14H2,1H3,(H,24,27). The van der Waals surface area contributed by atoms with Gasteiger partial charge >= 0.3 is 6.18 Å². The minimum absolute atomic E-state index is 0.0210. The number of unbranched alkanes of at least 4 members (excludes halogenated alkanes) is 2. The first kappa shape index (κ1) is 22.7. The summed E-state index contributed by atoms with van der Waals surface area (Å²) in [6.07, 6.45) is -1.89. The quantitative estimate of drug-likeness (QED) is 0.699. The Morgan fingerprint density at radius 1 is 0.966 bits per heavy atom. The molecule has 0 atom stereocenters. The highest BCUT2D eigenvalue weighted by Crippen LogP contribution is 2.32. The van der Waals surface area contributed by atoms with Crippen molar-refractivity contribution < 1.29 is 27.6 Å². The summed E-state index contributed by atoms with van der Waals surface area (Å²) in [7, 11) is 0. The molecule has 29 heavy (non-hydrogen) atoms. The number of piperazine rings is 1. The van der Waals surface area contributed by atoms with E-state index in [9.17, 15) is 27.6 Å². The molecule has 1 fully saturated rings. The van der Waals surface area contributed by atoms with Gasteiger partial charge in [0.1, 0.15) is 0 Å². The van der Waals surface area contributed by atoms with Crippen molar-refractivity contribution in [3.05, 3.63) is 35.4 Å². The van der Waals surface area contributed by atoms with Gasteiger partial charge in [-0.2, -0.15) is 13.2 Å². The summed E-state index contributed by atoms with van der Waals surface area (Å²) in [6, 6.07) is 4.75. The molecule has 1 aliphatic heterocycles. The van der Waals surface area contributed by atoms with Crippen LogP contribution in [0.5, 0.6) is 0 Å². The van der Waals surface area contributed by atoms with E-state index in [0.29, 0.717) is 32.5 Å². The van der Waals surface area contributed by atoms with Gasteiger partial charge in [-0.05, 0) is 25.0 Å².